The van der Waals surface area contributed by atoms with E-state index in [0.29, 0.717) is 12.4 Å². The van der Waals surface area contributed by atoms with Gasteiger partial charge in [0.1, 0.15) is 17.8 Å². The zero-order chi connectivity index (χ0) is 14.7. The largest absolute Gasteiger partial charge is 0.383 e. The third-order valence-electron chi connectivity index (χ3n) is 3.58. The number of hydrogen-bond acceptors (Lipinski definition) is 5. The maximum Gasteiger partial charge on any atom is 0.146 e. The van der Waals surface area contributed by atoms with Crippen LogP contribution in [0.4, 0.5) is 5.82 Å². The monoisotopic (exact) mass is 277 g/mol. The van der Waals surface area contributed by atoms with Crippen LogP contribution >= 0.6 is 0 Å². The number of hydrogen-bond donors (Lipinski definition) is 1. The molecule has 6 nitrogen and oxygen atoms in total. The fraction of sp³-hybridized carbons (Fsp3) is 0.571. The van der Waals surface area contributed by atoms with E-state index in [0.717, 1.165) is 36.3 Å². The number of nitrogens with zero attached hydrogens (tertiary/aromatic N) is 4. The fourth-order valence-corrected chi connectivity index (χ4v) is 2.27. The van der Waals surface area contributed by atoms with Crippen molar-refractivity contribution in [1.29, 1.82) is 0 Å². The predicted molar refractivity (Wildman–Crippen MR) is 80.8 cm³/mol. The van der Waals surface area contributed by atoms with Gasteiger partial charge in [-0.1, -0.05) is 0 Å². The molecule has 0 spiro atoms. The van der Waals surface area contributed by atoms with Crippen molar-refractivity contribution in [2.24, 2.45) is 0 Å². The van der Waals surface area contributed by atoms with E-state index >= 15 is 0 Å². The topological polar surface area (TPSA) is 69.2 Å². The molecule has 0 bridgehead atoms. The van der Waals surface area contributed by atoms with Crippen LogP contribution in [0.2, 0.25) is 0 Å². The van der Waals surface area contributed by atoms with Crippen LogP contribution < -0.4 is 5.73 Å². The lowest BCUT2D eigenvalue weighted by atomic mass is 10.2. The first-order valence-corrected chi connectivity index (χ1v) is 6.80. The van der Waals surface area contributed by atoms with Crippen LogP contribution in [0.15, 0.2) is 6.33 Å². The van der Waals surface area contributed by atoms with E-state index in [1.165, 1.54) is 12.0 Å². The molecule has 0 fully saturated rings. The summed E-state index contributed by atoms with van der Waals surface area (Å²) in [5.41, 5.74) is 9.15. The van der Waals surface area contributed by atoms with Gasteiger partial charge in [-0.25, -0.2) is 9.97 Å². The van der Waals surface area contributed by atoms with Crippen LogP contribution in [0, 0.1) is 13.8 Å². The second-order valence-electron chi connectivity index (χ2n) is 5.24. The predicted octanol–water partition coefficient (Wildman–Crippen LogP) is 1.21. The van der Waals surface area contributed by atoms with Gasteiger partial charge in [0.15, 0.2) is 0 Å². The van der Waals surface area contributed by atoms with Crippen molar-refractivity contribution in [2.75, 3.05) is 39.6 Å². The minimum absolute atomic E-state index is 0.544. The molecule has 20 heavy (non-hydrogen) atoms. The highest BCUT2D eigenvalue weighted by Crippen LogP contribution is 2.26. The number of nitrogen functional groups attached to an aromatic ring is 1. The third kappa shape index (κ3) is 2.91. The summed E-state index contributed by atoms with van der Waals surface area (Å²) in [5.74, 6) is 0.544. The quantitative estimate of drug-likeness (QED) is 0.804. The Morgan fingerprint density at radius 2 is 2.00 bits per heavy atom. The lowest BCUT2D eigenvalue weighted by Gasteiger charge is -2.11. The normalized spacial score (nSPS) is 11.7. The number of ether oxygens (including phenoxy) is 1. The van der Waals surface area contributed by atoms with Gasteiger partial charge in [0.2, 0.25) is 0 Å². The minimum atomic E-state index is 0.544. The number of nitrogens with two attached hydrogens (primary N) is 1. The van der Waals surface area contributed by atoms with E-state index in [-0.39, 0.29) is 0 Å². The molecule has 0 amide bonds. The van der Waals surface area contributed by atoms with Gasteiger partial charge < -0.3 is 19.9 Å². The lowest BCUT2D eigenvalue weighted by Crippen LogP contribution is -2.19. The van der Waals surface area contributed by atoms with Gasteiger partial charge in [0, 0.05) is 18.8 Å². The first-order valence-electron chi connectivity index (χ1n) is 6.80. The molecule has 0 atom stereocenters. The van der Waals surface area contributed by atoms with Gasteiger partial charge in [-0.15, -0.1) is 0 Å². The van der Waals surface area contributed by atoms with Gasteiger partial charge >= 0.3 is 0 Å². The molecule has 0 saturated carbocycles. The Labute approximate surface area is 119 Å². The fourth-order valence-electron chi connectivity index (χ4n) is 2.27. The van der Waals surface area contributed by atoms with Crippen molar-refractivity contribution in [3.8, 4) is 0 Å². The van der Waals surface area contributed by atoms with E-state index in [9.17, 15) is 0 Å². The summed E-state index contributed by atoms with van der Waals surface area (Å²) >= 11 is 0. The zero-order valence-electron chi connectivity index (χ0n) is 12.7. The van der Waals surface area contributed by atoms with Crippen molar-refractivity contribution in [3.05, 3.63) is 17.6 Å². The summed E-state index contributed by atoms with van der Waals surface area (Å²) in [6.45, 7) is 7.25. The molecule has 0 unspecified atom stereocenters. The first kappa shape index (κ1) is 14.7. The Morgan fingerprint density at radius 3 is 2.70 bits per heavy atom. The van der Waals surface area contributed by atoms with E-state index in [2.05, 4.69) is 33.3 Å². The number of aromatic nitrogens is 3. The standard InChI is InChI=1S/C14H23N5O/c1-10-11(2)19(6-8-20-7-5-18(3)4)14-12(10)13(15)16-9-17-14/h9H,5-8H2,1-4H3,(H2,15,16,17). The molecule has 0 radical (unpaired) electrons. The molecule has 0 saturated heterocycles. The van der Waals surface area contributed by atoms with E-state index in [4.69, 9.17) is 10.5 Å². The molecular formula is C14H23N5O. The van der Waals surface area contributed by atoms with Crippen LogP contribution in [0.25, 0.3) is 11.0 Å². The van der Waals surface area contributed by atoms with E-state index in [1.807, 2.05) is 14.1 Å². The second kappa shape index (κ2) is 6.19. The van der Waals surface area contributed by atoms with Crippen LogP contribution in [0.3, 0.4) is 0 Å². The highest BCUT2D eigenvalue weighted by Gasteiger charge is 2.14. The average Bonchev–Trinajstić information content (AvgIpc) is 2.64. The average molecular weight is 277 g/mol. The maximum atomic E-state index is 5.95. The third-order valence-corrected chi connectivity index (χ3v) is 3.58. The number of anilines is 1. The number of aryl methyl sites for hydroxylation is 1. The lowest BCUT2D eigenvalue weighted by molar-refractivity contribution is 0.111. The first-order chi connectivity index (χ1) is 9.52. The summed E-state index contributed by atoms with van der Waals surface area (Å²) in [6.07, 6.45) is 1.51. The van der Waals surface area contributed by atoms with Crippen molar-refractivity contribution < 1.29 is 4.74 Å². The molecule has 2 aromatic heterocycles. The van der Waals surface area contributed by atoms with Gasteiger partial charge in [-0.3, -0.25) is 0 Å². The van der Waals surface area contributed by atoms with E-state index in [1.54, 1.807) is 0 Å². The molecule has 0 aliphatic rings. The minimum Gasteiger partial charge on any atom is -0.383 e. The summed E-state index contributed by atoms with van der Waals surface area (Å²) in [7, 11) is 4.08. The van der Waals surface area contributed by atoms with Crippen LogP contribution in [0.1, 0.15) is 11.3 Å². The molecule has 2 rings (SSSR count). The smallest absolute Gasteiger partial charge is 0.146 e. The Balaban J connectivity index is 2.10. The van der Waals surface area contributed by atoms with Crippen molar-refractivity contribution in [2.45, 2.75) is 20.4 Å². The highest BCUT2D eigenvalue weighted by atomic mass is 16.5. The number of likely N-dealkylation sites (N-methyl/N-ethyl adjacent to an activating group) is 1. The summed E-state index contributed by atoms with van der Waals surface area (Å²) < 4.78 is 7.81. The summed E-state index contributed by atoms with van der Waals surface area (Å²) in [5, 5.41) is 0.957. The Bertz CT molecular complexity index is 591. The number of rotatable bonds is 6. The Morgan fingerprint density at radius 1 is 1.25 bits per heavy atom. The Kier molecular flexibility index (Phi) is 4.57. The van der Waals surface area contributed by atoms with Crippen molar-refractivity contribution in [1.82, 2.24) is 19.4 Å². The molecule has 0 aliphatic heterocycles. The Hall–Kier alpha value is -1.66. The maximum absolute atomic E-state index is 5.95. The molecule has 2 aromatic rings. The zero-order valence-corrected chi connectivity index (χ0v) is 12.7. The highest BCUT2D eigenvalue weighted by molar-refractivity contribution is 5.90. The van der Waals surface area contributed by atoms with Gasteiger partial charge in [0.25, 0.3) is 0 Å². The molecule has 2 N–H and O–H groups in total. The molecular weight excluding hydrogens is 254 g/mol. The van der Waals surface area contributed by atoms with Crippen LogP contribution in [0.5, 0.6) is 0 Å². The molecule has 0 aromatic carbocycles. The SMILES string of the molecule is Cc1c(C)n(CCOCCN(C)C)c2ncnc(N)c12. The van der Waals surface area contributed by atoms with E-state index < -0.39 is 0 Å². The molecule has 0 aliphatic carbocycles. The molecule has 6 heteroatoms. The molecule has 2 heterocycles. The summed E-state index contributed by atoms with van der Waals surface area (Å²) in [6, 6.07) is 0. The number of fused-ring (bicyclic) bond motifs is 1. The van der Waals surface area contributed by atoms with Crippen LogP contribution in [-0.4, -0.2) is 53.3 Å². The van der Waals surface area contributed by atoms with Gasteiger partial charge in [0.05, 0.1) is 18.6 Å². The summed E-state index contributed by atoms with van der Waals surface area (Å²) in [4.78, 5) is 10.5. The van der Waals surface area contributed by atoms with Gasteiger partial charge in [-0.2, -0.15) is 0 Å². The van der Waals surface area contributed by atoms with Crippen LogP contribution in [-0.2, 0) is 11.3 Å². The van der Waals surface area contributed by atoms with Crippen molar-refractivity contribution >= 4 is 16.9 Å². The second-order valence-corrected chi connectivity index (χ2v) is 5.24. The molecule has 110 valence electrons. The van der Waals surface area contributed by atoms with Crippen molar-refractivity contribution in [3.63, 3.8) is 0 Å². The van der Waals surface area contributed by atoms with Gasteiger partial charge in [-0.05, 0) is 33.5 Å².